The Kier molecular flexibility index (Phi) is 7.10. The molecule has 0 unspecified atom stereocenters. The van der Waals surface area contributed by atoms with E-state index in [-0.39, 0.29) is 17.5 Å². The van der Waals surface area contributed by atoms with Gasteiger partial charge in [-0.25, -0.2) is 0 Å². The van der Waals surface area contributed by atoms with Crippen LogP contribution in [0.25, 0.3) is 0 Å². The summed E-state index contributed by atoms with van der Waals surface area (Å²) in [6.07, 6.45) is 25.1. The van der Waals surface area contributed by atoms with Crippen LogP contribution in [0.5, 0.6) is 0 Å². The molecule has 0 N–H and O–H groups in total. The van der Waals surface area contributed by atoms with Crippen LogP contribution in [0.4, 0.5) is 0 Å². The second kappa shape index (κ2) is 10.1. The summed E-state index contributed by atoms with van der Waals surface area (Å²) in [4.78, 5) is 13.7. The Labute approximate surface area is 246 Å². The van der Waals surface area contributed by atoms with Crippen LogP contribution in [0.15, 0.2) is 11.6 Å². The lowest BCUT2D eigenvalue weighted by molar-refractivity contribution is -0.179. The molecule has 2 nitrogen and oxygen atoms in total. The summed E-state index contributed by atoms with van der Waals surface area (Å²) >= 11 is 0. The molecule has 0 saturated heterocycles. The Morgan fingerprint density at radius 3 is 2.27 bits per heavy atom. The Hall–Kier alpha value is -0.790. The molecule has 8 rings (SSSR count). The zero-order chi connectivity index (χ0) is 27.9. The average Bonchev–Trinajstić information content (AvgIpc) is 3.25. The van der Waals surface area contributed by atoms with Gasteiger partial charge >= 0.3 is 5.97 Å². The van der Waals surface area contributed by atoms with Crippen LogP contribution in [0.3, 0.4) is 0 Å². The maximum absolute atomic E-state index is 13.7. The Morgan fingerprint density at radius 2 is 1.60 bits per heavy atom. The number of hydrogen-bond donors (Lipinski definition) is 0. The third-order valence-corrected chi connectivity index (χ3v) is 15.0. The molecule has 0 aromatic rings. The maximum atomic E-state index is 13.7. The summed E-state index contributed by atoms with van der Waals surface area (Å²) in [6.45, 7) is 12.7. The predicted octanol–water partition coefficient (Wildman–Crippen LogP) is 10.2. The quantitative estimate of drug-likeness (QED) is 0.234. The lowest BCUT2D eigenvalue weighted by Gasteiger charge is -2.58. The van der Waals surface area contributed by atoms with Crippen molar-refractivity contribution in [2.45, 2.75) is 150 Å². The highest BCUT2D eigenvalue weighted by Crippen LogP contribution is 2.68. The minimum Gasteiger partial charge on any atom is -0.462 e. The number of hydrogen-bond acceptors (Lipinski definition) is 2. The molecule has 8 atom stereocenters. The third-order valence-electron chi connectivity index (χ3n) is 15.0. The van der Waals surface area contributed by atoms with Crippen molar-refractivity contribution < 1.29 is 9.53 Å². The number of carbonyl (C=O) groups is 1. The van der Waals surface area contributed by atoms with Crippen molar-refractivity contribution in [2.75, 3.05) is 0 Å². The first-order chi connectivity index (χ1) is 19.1. The molecule has 0 radical (unpaired) electrons. The van der Waals surface area contributed by atoms with Gasteiger partial charge in [0.2, 0.25) is 0 Å². The molecule has 0 aromatic heterocycles. The summed E-state index contributed by atoms with van der Waals surface area (Å²) in [5, 5.41) is 0. The topological polar surface area (TPSA) is 26.3 Å². The highest BCUT2D eigenvalue weighted by Gasteiger charge is 2.60. The molecule has 0 aliphatic heterocycles. The molecule has 4 bridgehead atoms. The van der Waals surface area contributed by atoms with E-state index in [4.69, 9.17) is 4.74 Å². The molecular weight excluding hydrogens is 488 g/mol. The summed E-state index contributed by atoms with van der Waals surface area (Å²) in [5.74, 6) is 7.94. The largest absolute Gasteiger partial charge is 0.462 e. The molecule has 7 saturated carbocycles. The van der Waals surface area contributed by atoms with E-state index in [1.54, 1.807) is 5.57 Å². The molecule has 0 spiro atoms. The van der Waals surface area contributed by atoms with Crippen molar-refractivity contribution in [3.63, 3.8) is 0 Å². The van der Waals surface area contributed by atoms with Gasteiger partial charge in [0.1, 0.15) is 6.10 Å². The molecule has 40 heavy (non-hydrogen) atoms. The van der Waals surface area contributed by atoms with Crippen molar-refractivity contribution >= 4 is 5.97 Å². The van der Waals surface area contributed by atoms with Crippen LogP contribution in [-0.4, -0.2) is 12.1 Å². The fourth-order valence-electron chi connectivity index (χ4n) is 13.4. The predicted molar refractivity (Wildman–Crippen MR) is 164 cm³/mol. The molecule has 0 aromatic carbocycles. The van der Waals surface area contributed by atoms with E-state index >= 15 is 0 Å². The molecule has 8 aliphatic rings. The molecule has 2 heteroatoms. The Balaban J connectivity index is 1.01. The lowest BCUT2D eigenvalue weighted by Crippen LogP contribution is -2.52. The molecule has 8 aliphatic carbocycles. The van der Waals surface area contributed by atoms with E-state index in [1.807, 2.05) is 0 Å². The number of allylic oxidation sites excluding steroid dienone is 1. The van der Waals surface area contributed by atoms with E-state index in [1.165, 1.54) is 77.0 Å². The van der Waals surface area contributed by atoms with Crippen LogP contribution in [-0.2, 0) is 9.53 Å². The number of carbonyl (C=O) groups excluding carboxylic acids is 1. The molecule has 224 valence electrons. The van der Waals surface area contributed by atoms with Gasteiger partial charge in [-0.1, -0.05) is 65.5 Å². The second-order valence-electron chi connectivity index (χ2n) is 17.8. The normalized spacial score (nSPS) is 49.7. The van der Waals surface area contributed by atoms with E-state index in [0.29, 0.717) is 10.8 Å². The monoisotopic (exact) mass is 548 g/mol. The van der Waals surface area contributed by atoms with Crippen LogP contribution < -0.4 is 0 Å². The first-order valence-electron chi connectivity index (χ1n) is 18.0. The highest BCUT2D eigenvalue weighted by molar-refractivity contribution is 5.77. The molecule has 0 heterocycles. The first kappa shape index (κ1) is 28.0. The SMILES string of the molecule is CC(C)CCC[C@H](C)[C@@H]1CC[C@H]2[C@H]3CC=C4C[C@@H](OC(=O)C56CC7CC(CC(C7)C5)C6)CC[C@]4(C)[C@@H]3CC[C@@]21C. The Morgan fingerprint density at radius 1 is 0.900 bits per heavy atom. The van der Waals surface area contributed by atoms with Crippen LogP contribution in [0.2, 0.25) is 0 Å². The van der Waals surface area contributed by atoms with Crippen molar-refractivity contribution in [1.29, 1.82) is 0 Å². The zero-order valence-electron chi connectivity index (χ0n) is 26.7. The van der Waals surface area contributed by atoms with Crippen LogP contribution in [0.1, 0.15) is 144 Å². The lowest BCUT2D eigenvalue weighted by atomic mass is 9.47. The maximum Gasteiger partial charge on any atom is 0.312 e. The van der Waals surface area contributed by atoms with Gasteiger partial charge in [0, 0.05) is 6.42 Å². The van der Waals surface area contributed by atoms with Gasteiger partial charge < -0.3 is 4.74 Å². The number of ether oxygens (including phenoxy) is 1. The van der Waals surface area contributed by atoms with Crippen LogP contribution in [0, 0.1) is 69.5 Å². The summed E-state index contributed by atoms with van der Waals surface area (Å²) in [6, 6.07) is 0. The van der Waals surface area contributed by atoms with Gasteiger partial charge in [0.05, 0.1) is 5.41 Å². The molecule has 0 amide bonds. The highest BCUT2D eigenvalue weighted by atomic mass is 16.5. The number of fused-ring (bicyclic) bond motifs is 5. The third kappa shape index (κ3) is 4.49. The second-order valence-corrected chi connectivity index (χ2v) is 17.8. The van der Waals surface area contributed by atoms with Crippen LogP contribution >= 0.6 is 0 Å². The molecular formula is C38H60O2. The van der Waals surface area contributed by atoms with Gasteiger partial charge in [0.15, 0.2) is 0 Å². The van der Waals surface area contributed by atoms with E-state index in [9.17, 15) is 4.79 Å². The standard InChI is InChI=1S/C38H60O2/c1-24(2)7-6-8-25(3)32-11-12-33-31-10-9-29-20-30(13-15-36(29,4)34(31)14-16-37(32,33)5)40-35(39)38-21-26-17-27(22-38)19-28(18-26)23-38/h9,24-28,30-34H,6-8,10-23H2,1-5H3/t25-,26?,27?,28?,30-,31+,32-,33-,34+,36-,37+,38?/m0/s1. The average molecular weight is 549 g/mol. The van der Waals surface area contributed by atoms with Gasteiger partial charge in [-0.05, 0) is 148 Å². The first-order valence-corrected chi connectivity index (χ1v) is 18.0. The fourth-order valence-corrected chi connectivity index (χ4v) is 13.4. The van der Waals surface area contributed by atoms with Gasteiger partial charge in [-0.15, -0.1) is 0 Å². The fraction of sp³-hybridized carbons (Fsp3) is 0.921. The smallest absolute Gasteiger partial charge is 0.312 e. The van der Waals surface area contributed by atoms with Crippen molar-refractivity contribution in [3.05, 3.63) is 11.6 Å². The molecule has 7 fully saturated rings. The van der Waals surface area contributed by atoms with Gasteiger partial charge in [-0.2, -0.15) is 0 Å². The Bertz CT molecular complexity index is 972. The van der Waals surface area contributed by atoms with E-state index in [2.05, 4.69) is 40.7 Å². The van der Waals surface area contributed by atoms with Crippen molar-refractivity contribution in [2.24, 2.45) is 69.5 Å². The summed E-state index contributed by atoms with van der Waals surface area (Å²) in [5.41, 5.74) is 2.46. The van der Waals surface area contributed by atoms with Gasteiger partial charge in [-0.3, -0.25) is 4.79 Å². The number of rotatable bonds is 7. The summed E-state index contributed by atoms with van der Waals surface area (Å²) in [7, 11) is 0. The van der Waals surface area contributed by atoms with E-state index < -0.39 is 0 Å². The van der Waals surface area contributed by atoms with E-state index in [0.717, 1.165) is 85.4 Å². The van der Waals surface area contributed by atoms with Gasteiger partial charge in [0.25, 0.3) is 0 Å². The summed E-state index contributed by atoms with van der Waals surface area (Å²) < 4.78 is 6.50. The zero-order valence-corrected chi connectivity index (χ0v) is 26.7. The minimum absolute atomic E-state index is 0.111. The van der Waals surface area contributed by atoms with Crippen molar-refractivity contribution in [1.82, 2.24) is 0 Å². The van der Waals surface area contributed by atoms with Crippen molar-refractivity contribution in [3.8, 4) is 0 Å². The number of esters is 1. The minimum atomic E-state index is -0.111.